The summed E-state index contributed by atoms with van der Waals surface area (Å²) in [6, 6.07) is 13.1. The van der Waals surface area contributed by atoms with Gasteiger partial charge in [0, 0.05) is 13.0 Å². The first kappa shape index (κ1) is 22.3. The molecule has 2 heterocycles. The minimum atomic E-state index is -0.220. The highest BCUT2D eigenvalue weighted by Gasteiger charge is 2.32. The minimum absolute atomic E-state index is 0.117. The van der Waals surface area contributed by atoms with Gasteiger partial charge in [0.15, 0.2) is 16.6 Å². The molecule has 32 heavy (non-hydrogen) atoms. The lowest BCUT2D eigenvalue weighted by Crippen LogP contribution is -2.31. The first-order valence-corrected chi connectivity index (χ1v) is 11.7. The van der Waals surface area contributed by atoms with Crippen molar-refractivity contribution in [2.75, 3.05) is 26.1 Å². The molecular weight excluding hydrogens is 466 g/mol. The Morgan fingerprint density at radius 2 is 1.97 bits per heavy atom. The lowest BCUT2D eigenvalue weighted by Gasteiger charge is -2.13. The Labute approximate surface area is 198 Å². The van der Waals surface area contributed by atoms with E-state index in [0.29, 0.717) is 25.9 Å². The number of ether oxygens (including phenoxy) is 2. The molecule has 10 heteroatoms. The molecule has 164 valence electrons. The van der Waals surface area contributed by atoms with E-state index in [4.69, 9.17) is 21.7 Å². The van der Waals surface area contributed by atoms with Gasteiger partial charge in [0.25, 0.3) is 5.91 Å². The van der Waals surface area contributed by atoms with Crippen LogP contribution in [0.15, 0.2) is 47.4 Å². The van der Waals surface area contributed by atoms with Crippen LogP contribution in [0.3, 0.4) is 0 Å². The Hall–Kier alpha value is -2.95. The van der Waals surface area contributed by atoms with E-state index < -0.39 is 0 Å². The van der Waals surface area contributed by atoms with Crippen molar-refractivity contribution in [1.82, 2.24) is 9.88 Å². The van der Waals surface area contributed by atoms with Crippen molar-refractivity contribution >= 4 is 72.9 Å². The van der Waals surface area contributed by atoms with Crippen molar-refractivity contribution in [2.45, 2.75) is 6.42 Å². The first-order chi connectivity index (χ1) is 15.5. The zero-order valence-corrected chi connectivity index (χ0v) is 19.7. The van der Waals surface area contributed by atoms with Gasteiger partial charge in [0.2, 0.25) is 5.91 Å². The number of para-hydroxylation sites is 1. The number of carbonyl (C=O) groups excluding carboxylic acids is 2. The van der Waals surface area contributed by atoms with Gasteiger partial charge in [-0.1, -0.05) is 53.5 Å². The number of hydrogen-bond donors (Lipinski definition) is 1. The average molecular weight is 486 g/mol. The molecular formula is C22H19N3O4S3. The Bertz CT molecular complexity index is 1210. The molecule has 0 bridgehead atoms. The van der Waals surface area contributed by atoms with Crippen LogP contribution in [0.4, 0.5) is 5.13 Å². The lowest BCUT2D eigenvalue weighted by molar-refractivity contribution is -0.122. The number of nitrogens with one attached hydrogen (secondary N) is 1. The quantitative estimate of drug-likeness (QED) is 0.389. The molecule has 0 unspecified atom stereocenters. The van der Waals surface area contributed by atoms with Crippen LogP contribution in [0, 0.1) is 0 Å². The van der Waals surface area contributed by atoms with Crippen molar-refractivity contribution in [3.05, 3.63) is 52.9 Å². The van der Waals surface area contributed by atoms with E-state index in [0.717, 1.165) is 15.8 Å². The second-order valence-electron chi connectivity index (χ2n) is 6.73. The summed E-state index contributed by atoms with van der Waals surface area (Å²) in [5.41, 5.74) is 1.63. The summed E-state index contributed by atoms with van der Waals surface area (Å²) < 4.78 is 12.0. The Kier molecular flexibility index (Phi) is 6.73. The van der Waals surface area contributed by atoms with Gasteiger partial charge in [0.05, 0.1) is 29.3 Å². The highest BCUT2D eigenvalue weighted by molar-refractivity contribution is 8.26. The molecule has 3 aromatic rings. The summed E-state index contributed by atoms with van der Waals surface area (Å²) in [5, 5.41) is 3.34. The second-order valence-corrected chi connectivity index (χ2v) is 9.44. The van der Waals surface area contributed by atoms with E-state index in [1.165, 1.54) is 28.0 Å². The Morgan fingerprint density at radius 1 is 1.19 bits per heavy atom. The van der Waals surface area contributed by atoms with Gasteiger partial charge in [-0.25, -0.2) is 4.98 Å². The van der Waals surface area contributed by atoms with Gasteiger partial charge in [-0.3, -0.25) is 14.5 Å². The molecule has 2 amide bonds. The van der Waals surface area contributed by atoms with Crippen LogP contribution in [0.1, 0.15) is 12.0 Å². The normalized spacial score (nSPS) is 14.9. The highest BCUT2D eigenvalue weighted by atomic mass is 32.2. The molecule has 1 aliphatic rings. The van der Waals surface area contributed by atoms with E-state index in [9.17, 15) is 9.59 Å². The Morgan fingerprint density at radius 3 is 2.72 bits per heavy atom. The van der Waals surface area contributed by atoms with E-state index in [2.05, 4.69) is 10.3 Å². The molecule has 0 saturated carbocycles. The number of nitrogens with zero attached hydrogens (tertiary/aromatic N) is 2. The predicted molar refractivity (Wildman–Crippen MR) is 132 cm³/mol. The third-order valence-electron chi connectivity index (χ3n) is 4.68. The number of aromatic nitrogens is 1. The molecule has 0 aliphatic carbocycles. The maximum atomic E-state index is 12.8. The van der Waals surface area contributed by atoms with Crippen LogP contribution < -0.4 is 14.8 Å². The summed E-state index contributed by atoms with van der Waals surface area (Å²) in [6.45, 7) is 0.199. The zero-order valence-electron chi connectivity index (χ0n) is 17.3. The predicted octanol–water partition coefficient (Wildman–Crippen LogP) is 4.54. The summed E-state index contributed by atoms with van der Waals surface area (Å²) in [7, 11) is 3.12. The molecule has 1 aliphatic heterocycles. The van der Waals surface area contributed by atoms with Crippen LogP contribution in [0.5, 0.6) is 11.5 Å². The van der Waals surface area contributed by atoms with Gasteiger partial charge in [0.1, 0.15) is 4.32 Å². The van der Waals surface area contributed by atoms with Gasteiger partial charge in [-0.05, 0) is 35.9 Å². The van der Waals surface area contributed by atoms with Crippen LogP contribution in [0.25, 0.3) is 16.3 Å². The number of amides is 2. The lowest BCUT2D eigenvalue weighted by atomic mass is 10.2. The number of methoxy groups -OCH3 is 2. The summed E-state index contributed by atoms with van der Waals surface area (Å²) in [5.74, 6) is 0.740. The average Bonchev–Trinajstić information content (AvgIpc) is 3.31. The number of hydrogen-bond acceptors (Lipinski definition) is 8. The molecule has 2 aromatic carbocycles. The van der Waals surface area contributed by atoms with Crippen molar-refractivity contribution in [1.29, 1.82) is 0 Å². The fourth-order valence-corrected chi connectivity index (χ4v) is 5.30. The number of thiocarbonyl (C=S) groups is 1. The van der Waals surface area contributed by atoms with Crippen LogP contribution in [0.2, 0.25) is 0 Å². The number of anilines is 1. The van der Waals surface area contributed by atoms with Crippen molar-refractivity contribution in [2.24, 2.45) is 0 Å². The molecule has 0 atom stereocenters. The SMILES string of the molecule is COc1ccc(C=C2SC(=S)N(CCC(=O)Nc3nc4ccccc4s3)C2=O)cc1OC. The molecule has 0 radical (unpaired) electrons. The van der Waals surface area contributed by atoms with Gasteiger partial charge in [-0.15, -0.1) is 0 Å². The standard InChI is InChI=1S/C22H19N3O4S3/c1-28-15-8-7-13(11-16(15)29-2)12-18-20(27)25(22(30)32-18)10-9-19(26)24-21-23-14-5-3-4-6-17(14)31-21/h3-8,11-12H,9-10H2,1-2H3,(H,23,24,26). The molecule has 1 N–H and O–H groups in total. The number of fused-ring (bicyclic) bond motifs is 1. The monoisotopic (exact) mass is 485 g/mol. The topological polar surface area (TPSA) is 80.8 Å². The third-order valence-corrected chi connectivity index (χ3v) is 7.01. The fraction of sp³-hybridized carbons (Fsp3) is 0.182. The number of thiazole rings is 1. The van der Waals surface area contributed by atoms with E-state index in [-0.39, 0.29) is 24.8 Å². The van der Waals surface area contributed by atoms with Gasteiger partial charge in [-0.2, -0.15) is 0 Å². The number of carbonyl (C=O) groups is 2. The Balaban J connectivity index is 1.39. The van der Waals surface area contributed by atoms with Crippen molar-refractivity contribution in [3.63, 3.8) is 0 Å². The van der Waals surface area contributed by atoms with Crippen LogP contribution >= 0.6 is 35.3 Å². The number of benzene rings is 2. The van der Waals surface area contributed by atoms with Crippen LogP contribution in [-0.2, 0) is 9.59 Å². The highest BCUT2D eigenvalue weighted by Crippen LogP contribution is 2.35. The van der Waals surface area contributed by atoms with Gasteiger partial charge >= 0.3 is 0 Å². The minimum Gasteiger partial charge on any atom is -0.493 e. The molecule has 1 aromatic heterocycles. The largest absolute Gasteiger partial charge is 0.493 e. The zero-order chi connectivity index (χ0) is 22.7. The maximum absolute atomic E-state index is 12.8. The smallest absolute Gasteiger partial charge is 0.266 e. The van der Waals surface area contributed by atoms with Crippen molar-refractivity contribution < 1.29 is 19.1 Å². The second kappa shape index (κ2) is 9.68. The van der Waals surface area contributed by atoms with Gasteiger partial charge < -0.3 is 14.8 Å². The van der Waals surface area contributed by atoms with E-state index in [1.54, 1.807) is 32.4 Å². The number of thioether (sulfide) groups is 1. The van der Waals surface area contributed by atoms with Crippen LogP contribution in [-0.4, -0.2) is 46.8 Å². The summed E-state index contributed by atoms with van der Waals surface area (Å²) in [4.78, 5) is 31.6. The molecule has 4 rings (SSSR count). The van der Waals surface area contributed by atoms with E-state index >= 15 is 0 Å². The summed E-state index contributed by atoms with van der Waals surface area (Å²) in [6.07, 6.45) is 1.87. The molecule has 1 fully saturated rings. The van der Waals surface area contributed by atoms with Crippen molar-refractivity contribution in [3.8, 4) is 11.5 Å². The van der Waals surface area contributed by atoms with E-state index in [1.807, 2.05) is 30.3 Å². The molecule has 0 spiro atoms. The molecule has 1 saturated heterocycles. The summed E-state index contributed by atoms with van der Waals surface area (Å²) >= 11 is 7.99. The fourth-order valence-electron chi connectivity index (χ4n) is 3.11. The first-order valence-electron chi connectivity index (χ1n) is 9.61. The maximum Gasteiger partial charge on any atom is 0.266 e. The molecule has 7 nitrogen and oxygen atoms in total. The third kappa shape index (κ3) is 4.77. The number of rotatable bonds is 7.